The van der Waals surface area contributed by atoms with Crippen molar-refractivity contribution < 1.29 is 9.53 Å². The Balaban J connectivity index is 0.00000176. The number of ether oxygens (including phenoxy) is 1. The van der Waals surface area contributed by atoms with Gasteiger partial charge in [0.25, 0.3) is 5.91 Å². The Morgan fingerprint density at radius 3 is 2.91 bits per heavy atom. The summed E-state index contributed by atoms with van der Waals surface area (Å²) in [5.74, 6) is 0.796. The van der Waals surface area contributed by atoms with Crippen LogP contribution in [-0.4, -0.2) is 42.6 Å². The van der Waals surface area contributed by atoms with E-state index in [1.807, 2.05) is 17.9 Å². The number of rotatable bonds is 3. The van der Waals surface area contributed by atoms with Crippen molar-refractivity contribution in [3.63, 3.8) is 0 Å². The van der Waals surface area contributed by atoms with E-state index in [-0.39, 0.29) is 24.9 Å². The third-order valence-corrected chi connectivity index (χ3v) is 4.86. The molecule has 1 amide bonds. The molecule has 0 radical (unpaired) electrons. The highest BCUT2D eigenvalue weighted by molar-refractivity contribution is 6.31. The van der Waals surface area contributed by atoms with Crippen LogP contribution in [0.1, 0.15) is 24.8 Å². The first kappa shape index (κ1) is 17.4. The molecule has 2 unspecified atom stereocenters. The lowest BCUT2D eigenvalue weighted by Crippen LogP contribution is -2.44. The molecule has 2 atom stereocenters. The van der Waals surface area contributed by atoms with Gasteiger partial charge in [0.05, 0.1) is 0 Å². The van der Waals surface area contributed by atoms with Crippen molar-refractivity contribution in [1.29, 1.82) is 0 Å². The van der Waals surface area contributed by atoms with Crippen LogP contribution in [0.3, 0.4) is 0 Å². The Kier molecular flexibility index (Phi) is 5.95. The number of aryl methyl sites for hydroxylation is 1. The van der Waals surface area contributed by atoms with Crippen molar-refractivity contribution in [1.82, 2.24) is 10.2 Å². The molecule has 1 aromatic rings. The smallest absolute Gasteiger partial charge is 0.261 e. The van der Waals surface area contributed by atoms with Gasteiger partial charge in [-0.3, -0.25) is 4.79 Å². The summed E-state index contributed by atoms with van der Waals surface area (Å²) in [6.45, 7) is 3.94. The lowest BCUT2D eigenvalue weighted by atomic mass is 10.1. The van der Waals surface area contributed by atoms with Gasteiger partial charge >= 0.3 is 0 Å². The Labute approximate surface area is 142 Å². The van der Waals surface area contributed by atoms with Gasteiger partial charge in [-0.1, -0.05) is 11.6 Å². The Morgan fingerprint density at radius 2 is 2.14 bits per heavy atom. The first-order chi connectivity index (χ1) is 10.1. The molecule has 6 heteroatoms. The molecule has 2 bridgehead atoms. The fraction of sp³-hybridized carbons (Fsp3) is 0.562. The van der Waals surface area contributed by atoms with Crippen LogP contribution in [0.2, 0.25) is 5.02 Å². The van der Waals surface area contributed by atoms with Crippen LogP contribution >= 0.6 is 24.0 Å². The van der Waals surface area contributed by atoms with Gasteiger partial charge in [-0.15, -0.1) is 12.4 Å². The van der Waals surface area contributed by atoms with Gasteiger partial charge < -0.3 is 15.0 Å². The number of nitrogens with one attached hydrogen (secondary N) is 1. The number of carbonyl (C=O) groups excluding carboxylic acids is 1. The maximum atomic E-state index is 12.5. The summed E-state index contributed by atoms with van der Waals surface area (Å²) in [7, 11) is 0. The lowest BCUT2D eigenvalue weighted by Gasteiger charge is -2.27. The molecule has 1 aromatic carbocycles. The summed E-state index contributed by atoms with van der Waals surface area (Å²) in [6, 6.07) is 6.19. The molecule has 2 aliphatic rings. The second-order valence-corrected chi connectivity index (χ2v) is 6.29. The van der Waals surface area contributed by atoms with E-state index in [1.54, 1.807) is 12.1 Å². The van der Waals surface area contributed by atoms with E-state index in [1.165, 1.54) is 0 Å². The van der Waals surface area contributed by atoms with Crippen molar-refractivity contribution in [3.05, 3.63) is 28.8 Å². The zero-order valence-corrected chi connectivity index (χ0v) is 14.3. The molecule has 2 aliphatic heterocycles. The van der Waals surface area contributed by atoms with Crippen LogP contribution in [0.5, 0.6) is 5.75 Å². The van der Waals surface area contributed by atoms with Crippen molar-refractivity contribution in [3.8, 4) is 5.75 Å². The fourth-order valence-corrected chi connectivity index (χ4v) is 3.43. The molecule has 1 N–H and O–H groups in total. The van der Waals surface area contributed by atoms with E-state index >= 15 is 0 Å². The monoisotopic (exact) mass is 344 g/mol. The van der Waals surface area contributed by atoms with Crippen LogP contribution in [-0.2, 0) is 4.79 Å². The van der Waals surface area contributed by atoms with Crippen molar-refractivity contribution in [2.75, 3.05) is 19.7 Å². The number of hydrogen-bond donors (Lipinski definition) is 1. The zero-order valence-electron chi connectivity index (χ0n) is 12.7. The minimum absolute atomic E-state index is 0. The highest BCUT2D eigenvalue weighted by atomic mass is 35.5. The number of amides is 1. The number of nitrogens with zero attached hydrogens (tertiary/aromatic N) is 1. The number of carbonyl (C=O) groups is 1. The number of halogens is 2. The van der Waals surface area contributed by atoms with E-state index in [9.17, 15) is 4.79 Å². The predicted octanol–water partition coefficient (Wildman–Crippen LogP) is 2.80. The second-order valence-electron chi connectivity index (χ2n) is 5.88. The zero-order chi connectivity index (χ0) is 14.8. The van der Waals surface area contributed by atoms with E-state index in [2.05, 4.69) is 5.32 Å². The van der Waals surface area contributed by atoms with Gasteiger partial charge in [-0.05, 0) is 56.5 Å². The summed E-state index contributed by atoms with van der Waals surface area (Å²) >= 11 is 5.99. The molecule has 0 aromatic heterocycles. The van der Waals surface area contributed by atoms with Gasteiger partial charge in [0.2, 0.25) is 0 Å². The van der Waals surface area contributed by atoms with E-state index in [4.69, 9.17) is 16.3 Å². The number of fused-ring (bicyclic) bond motifs is 2. The second kappa shape index (κ2) is 7.53. The Bertz CT molecular complexity index is 525. The SMILES string of the molecule is Cc1cc(OCC(=O)N2C3CCNCC2CC3)ccc1Cl.Cl. The minimum atomic E-state index is 0. The third kappa shape index (κ3) is 3.67. The van der Waals surface area contributed by atoms with Crippen molar-refractivity contribution >= 4 is 29.9 Å². The molecule has 122 valence electrons. The normalized spacial score (nSPS) is 23.6. The third-order valence-electron chi connectivity index (χ3n) is 4.43. The summed E-state index contributed by atoms with van der Waals surface area (Å²) < 4.78 is 5.65. The quantitative estimate of drug-likeness (QED) is 0.916. The summed E-state index contributed by atoms with van der Waals surface area (Å²) in [6.07, 6.45) is 3.27. The molecule has 2 heterocycles. The molecule has 0 saturated carbocycles. The molecule has 22 heavy (non-hydrogen) atoms. The fourth-order valence-electron chi connectivity index (χ4n) is 3.32. The summed E-state index contributed by atoms with van der Waals surface area (Å²) in [5, 5.41) is 4.11. The lowest BCUT2D eigenvalue weighted by molar-refractivity contribution is -0.136. The molecule has 2 fully saturated rings. The molecular formula is C16H22Cl2N2O2. The van der Waals surface area contributed by atoms with Gasteiger partial charge in [-0.25, -0.2) is 0 Å². The molecule has 3 rings (SSSR count). The molecule has 4 nitrogen and oxygen atoms in total. The van der Waals surface area contributed by atoms with Gasteiger partial charge in [-0.2, -0.15) is 0 Å². The van der Waals surface area contributed by atoms with Crippen LogP contribution in [0.25, 0.3) is 0 Å². The average Bonchev–Trinajstić information content (AvgIpc) is 2.73. The van der Waals surface area contributed by atoms with Crippen LogP contribution < -0.4 is 10.1 Å². The van der Waals surface area contributed by atoms with Gasteiger partial charge in [0.15, 0.2) is 6.61 Å². The highest BCUT2D eigenvalue weighted by Gasteiger charge is 2.37. The average molecular weight is 345 g/mol. The highest BCUT2D eigenvalue weighted by Crippen LogP contribution is 2.28. The maximum Gasteiger partial charge on any atom is 0.261 e. The molecule has 0 aliphatic carbocycles. The first-order valence-corrected chi connectivity index (χ1v) is 7.94. The Hall–Kier alpha value is -0.970. The van der Waals surface area contributed by atoms with Crippen molar-refractivity contribution in [2.24, 2.45) is 0 Å². The van der Waals surface area contributed by atoms with Crippen LogP contribution in [0.15, 0.2) is 18.2 Å². The standard InChI is InChI=1S/C16H21ClN2O2.ClH/c1-11-8-14(4-5-15(11)17)21-10-16(20)19-12-2-3-13(19)9-18-7-6-12;/h4-5,8,12-13,18H,2-3,6-7,9-10H2,1H3;1H. The summed E-state index contributed by atoms with van der Waals surface area (Å²) in [4.78, 5) is 14.5. The number of benzene rings is 1. The van der Waals surface area contributed by atoms with Gasteiger partial charge in [0.1, 0.15) is 5.75 Å². The minimum Gasteiger partial charge on any atom is -0.484 e. The molecule has 2 saturated heterocycles. The van der Waals surface area contributed by atoms with E-state index in [0.717, 1.165) is 37.9 Å². The van der Waals surface area contributed by atoms with E-state index in [0.29, 0.717) is 22.9 Å². The maximum absolute atomic E-state index is 12.5. The summed E-state index contributed by atoms with van der Waals surface area (Å²) in [5.41, 5.74) is 0.959. The van der Waals surface area contributed by atoms with Gasteiger partial charge in [0, 0.05) is 23.7 Å². The van der Waals surface area contributed by atoms with Crippen LogP contribution in [0.4, 0.5) is 0 Å². The molecular weight excluding hydrogens is 323 g/mol. The molecule has 0 spiro atoms. The largest absolute Gasteiger partial charge is 0.484 e. The number of hydrogen-bond acceptors (Lipinski definition) is 3. The van der Waals surface area contributed by atoms with Crippen LogP contribution in [0, 0.1) is 6.92 Å². The Morgan fingerprint density at radius 1 is 1.36 bits per heavy atom. The van der Waals surface area contributed by atoms with Crippen molar-refractivity contribution in [2.45, 2.75) is 38.3 Å². The topological polar surface area (TPSA) is 41.6 Å². The van der Waals surface area contributed by atoms with E-state index < -0.39 is 0 Å². The first-order valence-electron chi connectivity index (χ1n) is 7.56. The predicted molar refractivity (Wildman–Crippen MR) is 90.1 cm³/mol.